The van der Waals surface area contributed by atoms with Crippen LogP contribution in [0.2, 0.25) is 0 Å². The van der Waals surface area contributed by atoms with Gasteiger partial charge in [0, 0.05) is 0 Å². The van der Waals surface area contributed by atoms with Gasteiger partial charge >= 0.3 is 5.97 Å². The van der Waals surface area contributed by atoms with Crippen LogP contribution in [-0.2, 0) is 9.59 Å². The van der Waals surface area contributed by atoms with Crippen molar-refractivity contribution in [3.05, 3.63) is 24.3 Å². The number of hydrogen-bond acceptors (Lipinski definition) is 4. The highest BCUT2D eigenvalue weighted by molar-refractivity contribution is 5.87. The maximum Gasteiger partial charge on any atom is 0.329 e. The fourth-order valence-corrected chi connectivity index (χ4v) is 2.83. The van der Waals surface area contributed by atoms with Crippen molar-refractivity contribution in [2.45, 2.75) is 38.1 Å². The van der Waals surface area contributed by atoms with Crippen molar-refractivity contribution in [3.63, 3.8) is 0 Å². The zero-order valence-electron chi connectivity index (χ0n) is 13.5. The van der Waals surface area contributed by atoms with Gasteiger partial charge in [0.05, 0.1) is 7.11 Å². The molecule has 23 heavy (non-hydrogen) atoms. The van der Waals surface area contributed by atoms with Crippen LogP contribution in [0, 0.1) is 5.92 Å². The van der Waals surface area contributed by atoms with Crippen LogP contribution in [0.1, 0.15) is 32.6 Å². The zero-order valence-corrected chi connectivity index (χ0v) is 13.5. The Labute approximate surface area is 135 Å². The number of hydrogen-bond donors (Lipinski definition) is 2. The lowest BCUT2D eigenvalue weighted by atomic mass is 9.77. The van der Waals surface area contributed by atoms with Gasteiger partial charge in [-0.3, -0.25) is 4.79 Å². The summed E-state index contributed by atoms with van der Waals surface area (Å²) in [5.74, 6) is 0.0543. The summed E-state index contributed by atoms with van der Waals surface area (Å²) < 4.78 is 10.6. The number of carboxylic acids is 1. The molecule has 1 amide bonds. The van der Waals surface area contributed by atoms with Crippen molar-refractivity contribution >= 4 is 11.9 Å². The standard InChI is InChI=1S/C17H23NO5/c1-12-7-9-17(10-8-12,16(20)21)18-15(19)11-23-14-6-4-3-5-13(14)22-2/h3-6,12H,7-11H2,1-2H3,(H,18,19)(H,20,21). The van der Waals surface area contributed by atoms with Crippen LogP contribution in [0.25, 0.3) is 0 Å². The lowest BCUT2D eigenvalue weighted by Crippen LogP contribution is -2.57. The molecule has 0 aromatic heterocycles. The Hall–Kier alpha value is -2.24. The third-order valence-corrected chi connectivity index (χ3v) is 4.34. The molecule has 126 valence electrons. The van der Waals surface area contributed by atoms with Crippen molar-refractivity contribution in [1.29, 1.82) is 0 Å². The first-order valence-corrected chi connectivity index (χ1v) is 7.77. The molecule has 0 bridgehead atoms. The number of carbonyl (C=O) groups is 2. The molecular formula is C17H23NO5. The average molecular weight is 321 g/mol. The predicted molar refractivity (Wildman–Crippen MR) is 84.6 cm³/mol. The minimum Gasteiger partial charge on any atom is -0.493 e. The average Bonchev–Trinajstić information content (AvgIpc) is 2.55. The van der Waals surface area contributed by atoms with E-state index in [1.807, 2.05) is 0 Å². The number of aliphatic carboxylic acids is 1. The zero-order chi connectivity index (χ0) is 16.9. The molecule has 1 saturated carbocycles. The Balaban J connectivity index is 1.96. The van der Waals surface area contributed by atoms with Gasteiger partial charge in [-0.2, -0.15) is 0 Å². The van der Waals surface area contributed by atoms with Crippen LogP contribution < -0.4 is 14.8 Å². The van der Waals surface area contributed by atoms with E-state index in [4.69, 9.17) is 9.47 Å². The molecular weight excluding hydrogens is 298 g/mol. The van der Waals surface area contributed by atoms with Crippen LogP contribution in [0.5, 0.6) is 11.5 Å². The molecule has 1 aliphatic rings. The Morgan fingerprint density at radius 3 is 2.43 bits per heavy atom. The summed E-state index contributed by atoms with van der Waals surface area (Å²) in [6.45, 7) is 1.85. The molecule has 6 nitrogen and oxygen atoms in total. The topological polar surface area (TPSA) is 84.9 Å². The van der Waals surface area contributed by atoms with Crippen LogP contribution in [0.15, 0.2) is 24.3 Å². The van der Waals surface area contributed by atoms with E-state index < -0.39 is 17.4 Å². The Morgan fingerprint density at radius 2 is 1.87 bits per heavy atom. The molecule has 1 aliphatic carbocycles. The molecule has 0 saturated heterocycles. The Bertz CT molecular complexity index is 564. The highest BCUT2D eigenvalue weighted by Gasteiger charge is 2.42. The lowest BCUT2D eigenvalue weighted by molar-refractivity contribution is -0.150. The maximum absolute atomic E-state index is 12.1. The van der Waals surface area contributed by atoms with Crippen LogP contribution >= 0.6 is 0 Å². The van der Waals surface area contributed by atoms with E-state index in [0.29, 0.717) is 30.3 Å². The van der Waals surface area contributed by atoms with Gasteiger partial charge < -0.3 is 19.9 Å². The summed E-state index contributed by atoms with van der Waals surface area (Å²) in [6.07, 6.45) is 2.48. The molecule has 1 aromatic carbocycles. The number of rotatable bonds is 6. The number of ether oxygens (including phenoxy) is 2. The van der Waals surface area contributed by atoms with E-state index in [2.05, 4.69) is 12.2 Å². The molecule has 0 aliphatic heterocycles. The summed E-state index contributed by atoms with van der Waals surface area (Å²) in [4.78, 5) is 23.8. The molecule has 2 N–H and O–H groups in total. The minimum atomic E-state index is -1.17. The van der Waals surface area contributed by atoms with Crippen molar-refractivity contribution in [2.75, 3.05) is 13.7 Å². The molecule has 0 unspecified atom stereocenters. The summed E-state index contributed by atoms with van der Waals surface area (Å²) in [6, 6.07) is 7.00. The molecule has 0 spiro atoms. The van der Waals surface area contributed by atoms with Gasteiger partial charge in [0.1, 0.15) is 5.54 Å². The molecule has 0 radical (unpaired) electrons. The van der Waals surface area contributed by atoms with Gasteiger partial charge in [-0.05, 0) is 43.7 Å². The highest BCUT2D eigenvalue weighted by Crippen LogP contribution is 2.32. The van der Waals surface area contributed by atoms with E-state index in [1.165, 1.54) is 7.11 Å². The first-order chi connectivity index (χ1) is 11.0. The van der Waals surface area contributed by atoms with Crippen LogP contribution in [0.3, 0.4) is 0 Å². The van der Waals surface area contributed by atoms with E-state index >= 15 is 0 Å². The Kier molecular flexibility index (Phi) is 5.47. The normalized spacial score (nSPS) is 23.8. The van der Waals surface area contributed by atoms with Gasteiger partial charge in [-0.15, -0.1) is 0 Å². The number of carboxylic acid groups (broad SMARTS) is 1. The summed E-state index contributed by atoms with van der Waals surface area (Å²) in [7, 11) is 1.52. The molecule has 0 heterocycles. The van der Waals surface area contributed by atoms with Crippen molar-refractivity contribution < 1.29 is 24.2 Å². The quantitative estimate of drug-likeness (QED) is 0.839. The van der Waals surface area contributed by atoms with Crippen molar-refractivity contribution in [1.82, 2.24) is 5.32 Å². The maximum atomic E-state index is 12.1. The van der Waals surface area contributed by atoms with Crippen LogP contribution in [0.4, 0.5) is 0 Å². The van der Waals surface area contributed by atoms with Gasteiger partial charge in [-0.1, -0.05) is 19.1 Å². The largest absolute Gasteiger partial charge is 0.493 e. The summed E-state index contributed by atoms with van der Waals surface area (Å²) in [5.41, 5.74) is -1.17. The minimum absolute atomic E-state index is 0.245. The van der Waals surface area contributed by atoms with E-state index in [0.717, 1.165) is 12.8 Å². The summed E-state index contributed by atoms with van der Waals surface area (Å²) in [5, 5.41) is 12.2. The number of amides is 1. The van der Waals surface area contributed by atoms with Gasteiger partial charge in [0.2, 0.25) is 0 Å². The second kappa shape index (κ2) is 7.35. The third kappa shape index (κ3) is 4.15. The molecule has 6 heteroatoms. The number of para-hydroxylation sites is 2. The highest BCUT2D eigenvalue weighted by atomic mass is 16.5. The second-order valence-corrected chi connectivity index (χ2v) is 6.06. The second-order valence-electron chi connectivity index (χ2n) is 6.06. The molecule has 0 atom stereocenters. The number of carbonyl (C=O) groups excluding carboxylic acids is 1. The first kappa shape index (κ1) is 17.1. The lowest BCUT2D eigenvalue weighted by Gasteiger charge is -2.36. The third-order valence-electron chi connectivity index (χ3n) is 4.34. The predicted octanol–water partition coefficient (Wildman–Crippen LogP) is 2.22. The van der Waals surface area contributed by atoms with Crippen LogP contribution in [-0.4, -0.2) is 36.2 Å². The van der Waals surface area contributed by atoms with E-state index in [9.17, 15) is 14.7 Å². The fraction of sp³-hybridized carbons (Fsp3) is 0.529. The van der Waals surface area contributed by atoms with Gasteiger partial charge in [-0.25, -0.2) is 4.79 Å². The van der Waals surface area contributed by atoms with E-state index in [1.54, 1.807) is 24.3 Å². The number of benzene rings is 1. The number of methoxy groups -OCH3 is 1. The first-order valence-electron chi connectivity index (χ1n) is 7.77. The Morgan fingerprint density at radius 1 is 1.26 bits per heavy atom. The molecule has 1 fully saturated rings. The number of nitrogens with one attached hydrogen (secondary N) is 1. The molecule has 2 rings (SSSR count). The fourth-order valence-electron chi connectivity index (χ4n) is 2.83. The smallest absolute Gasteiger partial charge is 0.329 e. The summed E-state index contributed by atoms with van der Waals surface area (Å²) >= 11 is 0. The monoisotopic (exact) mass is 321 g/mol. The van der Waals surface area contributed by atoms with Crippen molar-refractivity contribution in [2.24, 2.45) is 5.92 Å². The van der Waals surface area contributed by atoms with E-state index in [-0.39, 0.29) is 6.61 Å². The van der Waals surface area contributed by atoms with Gasteiger partial charge in [0.25, 0.3) is 5.91 Å². The van der Waals surface area contributed by atoms with Gasteiger partial charge in [0.15, 0.2) is 18.1 Å². The molecule has 1 aromatic rings. The van der Waals surface area contributed by atoms with Crippen molar-refractivity contribution in [3.8, 4) is 11.5 Å². The SMILES string of the molecule is COc1ccccc1OCC(=O)NC1(C(=O)O)CCC(C)CC1.